The Morgan fingerprint density at radius 2 is 2.14 bits per heavy atom. The molecule has 5 nitrogen and oxygen atoms in total. The monoisotopic (exact) mass is 350 g/mol. The standard InChI is InChI=1S/C15H15BrN2O3/c1-3-20-15(19)11-6-7-18-14(13(11)17)21-12-8-10(16)5-4-9(12)2/h4-8H,3,17H2,1-2H3. The van der Waals surface area contributed by atoms with E-state index in [0.29, 0.717) is 5.75 Å². The molecule has 2 aromatic rings. The van der Waals surface area contributed by atoms with E-state index in [1.54, 1.807) is 6.92 Å². The number of ether oxygens (including phenoxy) is 2. The summed E-state index contributed by atoms with van der Waals surface area (Å²) in [5.41, 5.74) is 7.29. The number of nitrogens with zero attached hydrogens (tertiary/aromatic N) is 1. The fraction of sp³-hybridized carbons (Fsp3) is 0.200. The molecule has 0 radical (unpaired) electrons. The molecule has 0 bridgehead atoms. The van der Waals surface area contributed by atoms with Gasteiger partial charge in [0.1, 0.15) is 11.4 Å². The van der Waals surface area contributed by atoms with Crippen LogP contribution >= 0.6 is 15.9 Å². The smallest absolute Gasteiger partial charge is 0.340 e. The molecule has 0 aliphatic heterocycles. The van der Waals surface area contributed by atoms with Crippen molar-refractivity contribution in [2.24, 2.45) is 0 Å². The second-order valence-corrected chi connectivity index (χ2v) is 5.23. The third-order valence-corrected chi connectivity index (χ3v) is 3.30. The van der Waals surface area contributed by atoms with Gasteiger partial charge in [0, 0.05) is 10.7 Å². The highest BCUT2D eigenvalue weighted by atomic mass is 79.9. The predicted molar refractivity (Wildman–Crippen MR) is 83.6 cm³/mol. The summed E-state index contributed by atoms with van der Waals surface area (Å²) in [6.07, 6.45) is 1.46. The van der Waals surface area contributed by atoms with E-state index >= 15 is 0 Å². The average Bonchev–Trinajstić information content (AvgIpc) is 2.45. The van der Waals surface area contributed by atoms with Gasteiger partial charge in [0.2, 0.25) is 5.88 Å². The van der Waals surface area contributed by atoms with E-state index in [2.05, 4.69) is 20.9 Å². The third-order valence-electron chi connectivity index (χ3n) is 2.81. The number of aromatic nitrogens is 1. The number of carbonyl (C=O) groups excluding carboxylic acids is 1. The normalized spacial score (nSPS) is 10.2. The number of nitrogens with two attached hydrogens (primary N) is 1. The molecule has 0 saturated heterocycles. The lowest BCUT2D eigenvalue weighted by molar-refractivity contribution is 0.0527. The first-order chi connectivity index (χ1) is 10.0. The SMILES string of the molecule is CCOC(=O)c1ccnc(Oc2cc(Br)ccc2C)c1N. The molecule has 0 aliphatic carbocycles. The summed E-state index contributed by atoms with van der Waals surface area (Å²) < 4.78 is 11.5. The minimum Gasteiger partial charge on any atom is -0.462 e. The summed E-state index contributed by atoms with van der Waals surface area (Å²) in [7, 11) is 0. The van der Waals surface area contributed by atoms with Gasteiger partial charge in [0.15, 0.2) is 0 Å². The molecular formula is C15H15BrN2O3. The number of nitrogen functional groups attached to an aromatic ring is 1. The summed E-state index contributed by atoms with van der Waals surface area (Å²) in [5, 5.41) is 0. The van der Waals surface area contributed by atoms with Crippen LogP contribution in [0.2, 0.25) is 0 Å². The number of hydrogen-bond acceptors (Lipinski definition) is 5. The van der Waals surface area contributed by atoms with Crippen LogP contribution in [0.4, 0.5) is 5.69 Å². The molecule has 1 aromatic carbocycles. The van der Waals surface area contributed by atoms with Gasteiger partial charge >= 0.3 is 5.97 Å². The maximum atomic E-state index is 11.8. The fourth-order valence-corrected chi connectivity index (χ4v) is 2.05. The van der Waals surface area contributed by atoms with Crippen LogP contribution in [-0.2, 0) is 4.74 Å². The molecule has 0 spiro atoms. The zero-order valence-corrected chi connectivity index (χ0v) is 13.3. The van der Waals surface area contributed by atoms with E-state index in [4.69, 9.17) is 15.2 Å². The molecule has 0 saturated carbocycles. The summed E-state index contributed by atoms with van der Waals surface area (Å²) >= 11 is 3.38. The number of benzene rings is 1. The lowest BCUT2D eigenvalue weighted by Gasteiger charge is -2.12. The van der Waals surface area contributed by atoms with Crippen LogP contribution < -0.4 is 10.5 Å². The molecule has 0 fully saturated rings. The third kappa shape index (κ3) is 3.52. The molecule has 1 heterocycles. The number of hydrogen-bond donors (Lipinski definition) is 1. The predicted octanol–water partition coefficient (Wildman–Crippen LogP) is 3.70. The van der Waals surface area contributed by atoms with Gasteiger partial charge in [-0.1, -0.05) is 22.0 Å². The molecule has 1 aromatic heterocycles. The minimum absolute atomic E-state index is 0.162. The molecule has 6 heteroatoms. The largest absolute Gasteiger partial charge is 0.462 e. The van der Waals surface area contributed by atoms with E-state index in [0.717, 1.165) is 10.0 Å². The van der Waals surface area contributed by atoms with Crippen LogP contribution in [0.1, 0.15) is 22.8 Å². The first-order valence-corrected chi connectivity index (χ1v) is 7.17. The molecule has 2 N–H and O–H groups in total. The van der Waals surface area contributed by atoms with Crippen molar-refractivity contribution in [1.82, 2.24) is 4.98 Å². The van der Waals surface area contributed by atoms with Gasteiger partial charge in [-0.2, -0.15) is 0 Å². The Morgan fingerprint density at radius 3 is 2.86 bits per heavy atom. The average molecular weight is 351 g/mol. The minimum atomic E-state index is -0.492. The molecule has 0 unspecified atom stereocenters. The van der Waals surface area contributed by atoms with E-state index in [-0.39, 0.29) is 23.7 Å². The van der Waals surface area contributed by atoms with Crippen LogP contribution in [0.5, 0.6) is 11.6 Å². The Balaban J connectivity index is 2.35. The first kappa shape index (κ1) is 15.3. The van der Waals surface area contributed by atoms with Gasteiger partial charge in [-0.25, -0.2) is 9.78 Å². The van der Waals surface area contributed by atoms with Crippen molar-refractivity contribution >= 4 is 27.6 Å². The topological polar surface area (TPSA) is 74.4 Å². The Labute approximate surface area is 131 Å². The second kappa shape index (κ2) is 6.58. The molecule has 110 valence electrons. The summed E-state index contributed by atoms with van der Waals surface area (Å²) in [5.74, 6) is 0.305. The highest BCUT2D eigenvalue weighted by molar-refractivity contribution is 9.10. The number of esters is 1. The number of anilines is 1. The van der Waals surface area contributed by atoms with E-state index in [1.807, 2.05) is 25.1 Å². The Kier molecular flexibility index (Phi) is 4.80. The number of halogens is 1. The van der Waals surface area contributed by atoms with Crippen molar-refractivity contribution in [3.8, 4) is 11.6 Å². The van der Waals surface area contributed by atoms with Gasteiger partial charge in [0.05, 0.1) is 12.2 Å². The number of carbonyl (C=O) groups is 1. The highest BCUT2D eigenvalue weighted by Crippen LogP contribution is 2.31. The summed E-state index contributed by atoms with van der Waals surface area (Å²) in [4.78, 5) is 15.9. The molecule has 21 heavy (non-hydrogen) atoms. The van der Waals surface area contributed by atoms with Crippen molar-refractivity contribution in [3.05, 3.63) is 46.1 Å². The maximum absolute atomic E-state index is 11.8. The fourth-order valence-electron chi connectivity index (χ4n) is 1.71. The van der Waals surface area contributed by atoms with Gasteiger partial charge in [-0.15, -0.1) is 0 Å². The van der Waals surface area contributed by atoms with Gasteiger partial charge < -0.3 is 15.2 Å². The Morgan fingerprint density at radius 1 is 1.38 bits per heavy atom. The molecular weight excluding hydrogens is 336 g/mol. The number of aryl methyl sites for hydroxylation is 1. The molecule has 0 amide bonds. The van der Waals surface area contributed by atoms with Crippen LogP contribution in [-0.4, -0.2) is 17.6 Å². The quantitative estimate of drug-likeness (QED) is 0.850. The number of pyridine rings is 1. The first-order valence-electron chi connectivity index (χ1n) is 6.38. The summed E-state index contributed by atoms with van der Waals surface area (Å²) in [6, 6.07) is 7.14. The highest BCUT2D eigenvalue weighted by Gasteiger charge is 2.16. The van der Waals surface area contributed by atoms with Crippen LogP contribution in [0.3, 0.4) is 0 Å². The van der Waals surface area contributed by atoms with E-state index < -0.39 is 5.97 Å². The molecule has 2 rings (SSSR count). The van der Waals surface area contributed by atoms with Gasteiger partial charge in [-0.3, -0.25) is 0 Å². The molecule has 0 atom stereocenters. The second-order valence-electron chi connectivity index (χ2n) is 4.31. The van der Waals surface area contributed by atoms with Crippen molar-refractivity contribution in [3.63, 3.8) is 0 Å². The van der Waals surface area contributed by atoms with Crippen molar-refractivity contribution in [2.45, 2.75) is 13.8 Å². The van der Waals surface area contributed by atoms with E-state index in [1.165, 1.54) is 12.3 Å². The van der Waals surface area contributed by atoms with Gasteiger partial charge in [0.25, 0.3) is 0 Å². The Hall–Kier alpha value is -2.08. The lowest BCUT2D eigenvalue weighted by Crippen LogP contribution is -2.09. The van der Waals surface area contributed by atoms with Crippen molar-refractivity contribution < 1.29 is 14.3 Å². The Bertz CT molecular complexity index is 674. The number of rotatable bonds is 4. The zero-order valence-electron chi connectivity index (χ0n) is 11.7. The van der Waals surface area contributed by atoms with Crippen molar-refractivity contribution in [1.29, 1.82) is 0 Å². The van der Waals surface area contributed by atoms with Gasteiger partial charge in [-0.05, 0) is 37.6 Å². The van der Waals surface area contributed by atoms with E-state index in [9.17, 15) is 4.79 Å². The van der Waals surface area contributed by atoms with Crippen LogP contribution in [0, 0.1) is 6.92 Å². The maximum Gasteiger partial charge on any atom is 0.340 e. The summed E-state index contributed by atoms with van der Waals surface area (Å²) in [6.45, 7) is 3.92. The molecule has 0 aliphatic rings. The lowest BCUT2D eigenvalue weighted by atomic mass is 10.2. The van der Waals surface area contributed by atoms with Crippen LogP contribution in [0.15, 0.2) is 34.9 Å². The zero-order chi connectivity index (χ0) is 15.4. The van der Waals surface area contributed by atoms with Crippen LogP contribution in [0.25, 0.3) is 0 Å². The van der Waals surface area contributed by atoms with Crippen molar-refractivity contribution in [2.75, 3.05) is 12.3 Å².